The van der Waals surface area contributed by atoms with Gasteiger partial charge in [-0.1, -0.05) is 84.6 Å². The number of amides is 1. The van der Waals surface area contributed by atoms with Crippen LogP contribution in [0, 0.1) is 0 Å². The molecule has 0 atom stereocenters. The van der Waals surface area contributed by atoms with Crippen LogP contribution >= 0.6 is 11.8 Å². The normalized spacial score (nSPS) is 13.7. The topological polar surface area (TPSA) is 74.5 Å². The Kier molecular flexibility index (Phi) is 8.93. The maximum absolute atomic E-state index is 12.7. The molecule has 1 aliphatic heterocycles. The molecule has 1 aliphatic rings. The van der Waals surface area contributed by atoms with Crippen molar-refractivity contribution in [2.24, 2.45) is 0 Å². The van der Waals surface area contributed by atoms with Crippen LogP contribution in [0.2, 0.25) is 0 Å². The molecule has 2 aromatic heterocycles. The highest BCUT2D eigenvalue weighted by Crippen LogP contribution is 2.28. The highest BCUT2D eigenvalue weighted by Gasteiger charge is 2.20. The van der Waals surface area contributed by atoms with E-state index in [4.69, 9.17) is 14.4 Å². The molecule has 1 fully saturated rings. The highest BCUT2D eigenvalue weighted by atomic mass is 32.2. The average molecular weight is 576 g/mol. The number of hydrogen-bond donors (Lipinski definition) is 1. The molecule has 0 aliphatic carbocycles. The van der Waals surface area contributed by atoms with Gasteiger partial charge in [0.2, 0.25) is 0 Å². The number of nitrogens with zero attached hydrogens (tertiary/aromatic N) is 4. The zero-order valence-corrected chi connectivity index (χ0v) is 24.2. The van der Waals surface area contributed by atoms with Gasteiger partial charge in [0.25, 0.3) is 5.91 Å². The van der Waals surface area contributed by atoms with Crippen LogP contribution in [0.3, 0.4) is 0 Å². The van der Waals surface area contributed by atoms with E-state index in [1.807, 2.05) is 54.6 Å². The Hall–Kier alpha value is -4.40. The van der Waals surface area contributed by atoms with E-state index in [-0.39, 0.29) is 5.91 Å². The fourth-order valence-corrected chi connectivity index (χ4v) is 5.80. The lowest BCUT2D eigenvalue weighted by atomic mass is 10.1. The molecule has 1 N–H and O–H groups in total. The number of furan rings is 1. The zero-order chi connectivity index (χ0) is 28.6. The van der Waals surface area contributed by atoms with Crippen molar-refractivity contribution >= 4 is 23.5 Å². The Morgan fingerprint density at radius 2 is 1.57 bits per heavy atom. The van der Waals surface area contributed by atoms with Gasteiger partial charge in [-0.2, -0.15) is 0 Å². The second kappa shape index (κ2) is 13.5. The summed E-state index contributed by atoms with van der Waals surface area (Å²) < 4.78 is 5.32. The quantitative estimate of drug-likeness (QED) is 0.155. The first kappa shape index (κ1) is 27.8. The summed E-state index contributed by atoms with van der Waals surface area (Å²) in [7, 11) is 0. The number of thioether (sulfide) groups is 1. The molecule has 0 spiro atoms. The number of rotatable bonds is 10. The fourth-order valence-electron chi connectivity index (χ4n) is 5.01. The number of piperazine rings is 1. The summed E-state index contributed by atoms with van der Waals surface area (Å²) in [6, 6.07) is 34.4. The molecule has 5 aromatic rings. The molecule has 212 valence electrons. The lowest BCUT2D eigenvalue weighted by Crippen LogP contribution is -2.46. The predicted octanol–water partition coefficient (Wildman–Crippen LogP) is 6.28. The van der Waals surface area contributed by atoms with Gasteiger partial charge in [0.1, 0.15) is 11.6 Å². The van der Waals surface area contributed by atoms with E-state index in [1.54, 1.807) is 18.0 Å². The van der Waals surface area contributed by atoms with E-state index >= 15 is 0 Å². The maximum Gasteiger partial charge on any atom is 0.251 e. The molecule has 3 heterocycles. The van der Waals surface area contributed by atoms with Crippen LogP contribution in [0.5, 0.6) is 0 Å². The van der Waals surface area contributed by atoms with Crippen LogP contribution in [0.15, 0.2) is 119 Å². The predicted molar refractivity (Wildman–Crippen MR) is 167 cm³/mol. The Bertz CT molecular complexity index is 1590. The van der Waals surface area contributed by atoms with E-state index in [1.165, 1.54) is 5.56 Å². The van der Waals surface area contributed by atoms with Gasteiger partial charge >= 0.3 is 0 Å². The lowest BCUT2D eigenvalue weighted by molar-refractivity contribution is 0.0948. The summed E-state index contributed by atoms with van der Waals surface area (Å²) in [5, 5.41) is 3.64. The van der Waals surface area contributed by atoms with E-state index in [0.29, 0.717) is 17.9 Å². The molecule has 0 unspecified atom stereocenters. The number of benzene rings is 3. The van der Waals surface area contributed by atoms with Crippen molar-refractivity contribution in [3.8, 4) is 11.3 Å². The van der Waals surface area contributed by atoms with Gasteiger partial charge in [-0.15, -0.1) is 0 Å². The molecule has 0 radical (unpaired) electrons. The summed E-state index contributed by atoms with van der Waals surface area (Å²) in [6.07, 6.45) is 1.60. The first-order chi connectivity index (χ1) is 20.7. The van der Waals surface area contributed by atoms with Crippen LogP contribution in [0.25, 0.3) is 11.3 Å². The Labute approximate surface area is 250 Å². The van der Waals surface area contributed by atoms with Crippen molar-refractivity contribution in [2.45, 2.75) is 24.0 Å². The summed E-state index contributed by atoms with van der Waals surface area (Å²) in [5.41, 5.74) is 4.99. The number of aromatic nitrogens is 2. The summed E-state index contributed by atoms with van der Waals surface area (Å²) in [4.78, 5) is 27.5. The largest absolute Gasteiger partial charge is 0.467 e. The molecule has 8 heteroatoms. The molecule has 42 heavy (non-hydrogen) atoms. The number of hydrogen-bond acceptors (Lipinski definition) is 7. The van der Waals surface area contributed by atoms with E-state index in [9.17, 15) is 4.79 Å². The first-order valence-corrected chi connectivity index (χ1v) is 15.2. The SMILES string of the molecule is O=C(NCc1ccco1)c1cccc(CSc2nc(-c3ccccc3)cc(N3CCN(Cc4ccccc4)CC3)n2)c1. The van der Waals surface area contributed by atoms with Crippen molar-refractivity contribution < 1.29 is 9.21 Å². The Morgan fingerprint density at radius 3 is 2.33 bits per heavy atom. The van der Waals surface area contributed by atoms with Crippen LogP contribution in [-0.4, -0.2) is 47.0 Å². The average Bonchev–Trinajstić information content (AvgIpc) is 3.58. The van der Waals surface area contributed by atoms with E-state index < -0.39 is 0 Å². The van der Waals surface area contributed by atoms with Gasteiger partial charge in [0.05, 0.1) is 18.5 Å². The third-order valence-corrected chi connectivity index (χ3v) is 8.19. The molecular weight excluding hydrogens is 542 g/mol. The summed E-state index contributed by atoms with van der Waals surface area (Å²) in [6.45, 7) is 5.12. The number of anilines is 1. The minimum absolute atomic E-state index is 0.130. The Balaban J connectivity index is 1.14. The highest BCUT2D eigenvalue weighted by molar-refractivity contribution is 7.98. The molecule has 3 aromatic carbocycles. The second-order valence-electron chi connectivity index (χ2n) is 10.3. The van der Waals surface area contributed by atoms with Crippen LogP contribution in [0.4, 0.5) is 5.82 Å². The smallest absolute Gasteiger partial charge is 0.251 e. The number of carbonyl (C=O) groups excluding carboxylic acids is 1. The molecule has 0 bridgehead atoms. The van der Waals surface area contributed by atoms with Crippen molar-refractivity contribution in [1.82, 2.24) is 20.2 Å². The van der Waals surface area contributed by atoms with Crippen molar-refractivity contribution in [3.05, 3.63) is 132 Å². The molecule has 1 amide bonds. The molecule has 7 nitrogen and oxygen atoms in total. The van der Waals surface area contributed by atoms with Gasteiger partial charge in [-0.25, -0.2) is 9.97 Å². The molecule has 1 saturated heterocycles. The Morgan fingerprint density at radius 1 is 0.810 bits per heavy atom. The van der Waals surface area contributed by atoms with Gasteiger partial charge in [-0.05, 0) is 35.4 Å². The van der Waals surface area contributed by atoms with E-state index in [0.717, 1.165) is 66.3 Å². The monoisotopic (exact) mass is 575 g/mol. The van der Waals surface area contributed by atoms with Crippen LogP contribution in [-0.2, 0) is 18.8 Å². The fraction of sp³-hybridized carbons (Fsp3) is 0.206. The number of carbonyl (C=O) groups is 1. The lowest BCUT2D eigenvalue weighted by Gasteiger charge is -2.35. The molecule has 0 saturated carbocycles. The summed E-state index contributed by atoms with van der Waals surface area (Å²) >= 11 is 1.59. The first-order valence-electron chi connectivity index (χ1n) is 14.2. The molecule has 6 rings (SSSR count). The zero-order valence-electron chi connectivity index (χ0n) is 23.4. The van der Waals surface area contributed by atoms with Crippen LogP contribution < -0.4 is 10.2 Å². The minimum Gasteiger partial charge on any atom is -0.467 e. The minimum atomic E-state index is -0.130. The molecular formula is C34H33N5O2S. The maximum atomic E-state index is 12.7. The van der Waals surface area contributed by atoms with Crippen molar-refractivity contribution in [1.29, 1.82) is 0 Å². The third kappa shape index (κ3) is 7.26. The van der Waals surface area contributed by atoms with Gasteiger partial charge in [0.15, 0.2) is 5.16 Å². The van der Waals surface area contributed by atoms with Gasteiger partial charge in [-0.3, -0.25) is 9.69 Å². The van der Waals surface area contributed by atoms with Gasteiger partial charge in [0, 0.05) is 55.7 Å². The van der Waals surface area contributed by atoms with Crippen molar-refractivity contribution in [2.75, 3.05) is 31.1 Å². The van der Waals surface area contributed by atoms with E-state index in [2.05, 4.69) is 63.6 Å². The third-order valence-electron chi connectivity index (χ3n) is 7.27. The van der Waals surface area contributed by atoms with Crippen LogP contribution in [0.1, 0.15) is 27.2 Å². The standard InChI is InChI=1S/C34H33N5O2S/c40-33(35-23-30-15-8-20-41-30)29-14-7-11-27(21-29)25-42-34-36-31(28-12-5-2-6-13-28)22-32(37-34)39-18-16-38(17-19-39)24-26-9-3-1-4-10-26/h1-15,20-22H,16-19,23-25H2,(H,35,40). The van der Waals surface area contributed by atoms with Crippen molar-refractivity contribution in [3.63, 3.8) is 0 Å². The summed E-state index contributed by atoms with van der Waals surface area (Å²) in [5.74, 6) is 2.20. The second-order valence-corrected chi connectivity index (χ2v) is 11.2. The number of nitrogens with one attached hydrogen (secondary N) is 1. The van der Waals surface area contributed by atoms with Gasteiger partial charge < -0.3 is 14.6 Å².